The van der Waals surface area contributed by atoms with Crippen molar-refractivity contribution in [3.05, 3.63) is 56.5 Å². The summed E-state index contributed by atoms with van der Waals surface area (Å²) < 4.78 is 65.9. The third kappa shape index (κ3) is 4.27. The average molecular weight is 473 g/mol. The second-order valence-corrected chi connectivity index (χ2v) is 8.12. The predicted octanol–water partition coefficient (Wildman–Crippen LogP) is 5.34. The van der Waals surface area contributed by atoms with Crippen LogP contribution in [0.1, 0.15) is 11.1 Å². The van der Waals surface area contributed by atoms with Gasteiger partial charge < -0.3 is 0 Å². The van der Waals surface area contributed by atoms with Gasteiger partial charge in [0.25, 0.3) is 10.0 Å². The first-order valence-electron chi connectivity index (χ1n) is 6.16. The molecule has 0 fully saturated rings. The molecule has 0 aliphatic heterocycles. The average Bonchev–Trinajstić information content (AvgIpc) is 2.41. The summed E-state index contributed by atoms with van der Waals surface area (Å²) in [6.45, 7) is 1.83. The Morgan fingerprint density at radius 1 is 1.00 bits per heavy atom. The lowest BCUT2D eigenvalue weighted by molar-refractivity contribution is -0.138. The predicted molar refractivity (Wildman–Crippen MR) is 88.8 cm³/mol. The smallest absolute Gasteiger partial charge is 0.278 e. The maximum absolute atomic E-state index is 12.9. The lowest BCUT2D eigenvalue weighted by Crippen LogP contribution is -2.15. The largest absolute Gasteiger partial charge is 0.417 e. The van der Waals surface area contributed by atoms with Gasteiger partial charge in [-0.2, -0.15) is 13.2 Å². The molecular weight excluding hydrogens is 463 g/mol. The summed E-state index contributed by atoms with van der Waals surface area (Å²) in [5, 5.41) is 0. The van der Waals surface area contributed by atoms with Crippen molar-refractivity contribution in [2.75, 3.05) is 4.72 Å². The Kier molecular flexibility index (Phi) is 5.12. The molecule has 9 heteroatoms. The summed E-state index contributed by atoms with van der Waals surface area (Å²) in [7, 11) is -4.15. The number of anilines is 1. The molecule has 124 valence electrons. The first-order valence-corrected chi connectivity index (χ1v) is 9.23. The van der Waals surface area contributed by atoms with E-state index in [2.05, 4.69) is 36.6 Å². The molecule has 0 unspecified atom stereocenters. The zero-order valence-corrected chi connectivity index (χ0v) is 15.6. The van der Waals surface area contributed by atoms with Crippen LogP contribution < -0.4 is 4.72 Å². The first kappa shape index (κ1) is 18.3. The van der Waals surface area contributed by atoms with Crippen LogP contribution in [0.5, 0.6) is 0 Å². The maximum Gasteiger partial charge on any atom is 0.417 e. The molecule has 0 aromatic heterocycles. The molecule has 3 nitrogen and oxygen atoms in total. The monoisotopic (exact) mass is 471 g/mol. The van der Waals surface area contributed by atoms with Crippen LogP contribution in [0.15, 0.2) is 50.2 Å². The normalized spacial score (nSPS) is 12.3. The molecule has 0 bridgehead atoms. The van der Waals surface area contributed by atoms with Crippen molar-refractivity contribution in [2.24, 2.45) is 0 Å². The zero-order chi connectivity index (χ0) is 17.4. The van der Waals surface area contributed by atoms with E-state index in [1.165, 1.54) is 6.07 Å². The Labute approximate surface area is 148 Å². The van der Waals surface area contributed by atoms with E-state index in [9.17, 15) is 21.6 Å². The molecule has 0 radical (unpaired) electrons. The number of sulfonamides is 1. The van der Waals surface area contributed by atoms with E-state index >= 15 is 0 Å². The van der Waals surface area contributed by atoms with Crippen LogP contribution in [-0.4, -0.2) is 8.42 Å². The second-order valence-electron chi connectivity index (χ2n) is 4.73. The summed E-state index contributed by atoms with van der Waals surface area (Å²) in [5.74, 6) is 0. The fourth-order valence-corrected chi connectivity index (χ4v) is 4.10. The van der Waals surface area contributed by atoms with Crippen molar-refractivity contribution >= 4 is 47.6 Å². The maximum atomic E-state index is 12.9. The molecule has 0 aliphatic carbocycles. The Morgan fingerprint density at radius 3 is 2.22 bits per heavy atom. The molecule has 2 aromatic rings. The molecule has 23 heavy (non-hydrogen) atoms. The number of aryl methyl sites for hydroxylation is 1. The topological polar surface area (TPSA) is 46.2 Å². The van der Waals surface area contributed by atoms with Gasteiger partial charge in [-0.3, -0.25) is 4.72 Å². The van der Waals surface area contributed by atoms with Crippen molar-refractivity contribution in [2.45, 2.75) is 18.0 Å². The van der Waals surface area contributed by atoms with E-state index in [1.54, 1.807) is 12.1 Å². The lowest BCUT2D eigenvalue weighted by atomic mass is 10.2. The number of halogens is 5. The van der Waals surface area contributed by atoms with Crippen LogP contribution in [0.2, 0.25) is 0 Å². The molecular formula is C14H10Br2F3NO2S. The third-order valence-electron chi connectivity index (χ3n) is 2.92. The van der Waals surface area contributed by atoms with Crippen LogP contribution in [0.3, 0.4) is 0 Å². The van der Waals surface area contributed by atoms with Crippen LogP contribution in [0.4, 0.5) is 18.9 Å². The Morgan fingerprint density at radius 2 is 1.65 bits per heavy atom. The summed E-state index contributed by atoms with van der Waals surface area (Å²) in [4.78, 5) is -0.472. The van der Waals surface area contributed by atoms with Crippen molar-refractivity contribution in [1.82, 2.24) is 0 Å². The van der Waals surface area contributed by atoms with E-state index in [1.807, 2.05) is 6.92 Å². The number of benzene rings is 2. The standard InChI is InChI=1S/C14H10Br2F3NO2S/c1-8-2-5-13(12(16)6-8)20-23(21,22)9-3-4-11(15)10(7-9)14(17,18)19/h2-7,20H,1H3. The van der Waals surface area contributed by atoms with Gasteiger partial charge in [-0.1, -0.05) is 22.0 Å². The van der Waals surface area contributed by atoms with Gasteiger partial charge in [0.1, 0.15) is 0 Å². The van der Waals surface area contributed by atoms with Crippen LogP contribution in [-0.2, 0) is 16.2 Å². The molecule has 0 saturated heterocycles. The Balaban J connectivity index is 2.44. The SMILES string of the molecule is Cc1ccc(NS(=O)(=O)c2ccc(Br)c(C(F)(F)F)c2)c(Br)c1. The van der Waals surface area contributed by atoms with Crippen LogP contribution in [0.25, 0.3) is 0 Å². The van der Waals surface area contributed by atoms with Crippen LogP contribution in [0, 0.1) is 6.92 Å². The highest BCUT2D eigenvalue weighted by Gasteiger charge is 2.34. The van der Waals surface area contributed by atoms with Crippen molar-refractivity contribution < 1.29 is 21.6 Å². The third-order valence-corrected chi connectivity index (χ3v) is 5.63. The highest BCUT2D eigenvalue weighted by Crippen LogP contribution is 2.36. The number of hydrogen-bond donors (Lipinski definition) is 1. The highest BCUT2D eigenvalue weighted by molar-refractivity contribution is 9.11. The minimum Gasteiger partial charge on any atom is -0.278 e. The minimum absolute atomic E-state index is 0.222. The Bertz CT molecular complexity index is 852. The second kappa shape index (κ2) is 6.45. The van der Waals surface area contributed by atoms with Crippen molar-refractivity contribution in [1.29, 1.82) is 0 Å². The summed E-state index contributed by atoms with van der Waals surface area (Å²) in [6, 6.07) is 7.66. The van der Waals surface area contributed by atoms with Gasteiger partial charge in [-0.05, 0) is 58.7 Å². The fraction of sp³-hybridized carbons (Fsp3) is 0.143. The molecule has 0 atom stereocenters. The molecule has 0 amide bonds. The highest BCUT2D eigenvalue weighted by atomic mass is 79.9. The lowest BCUT2D eigenvalue weighted by Gasteiger charge is -2.13. The van der Waals surface area contributed by atoms with E-state index in [0.29, 0.717) is 10.5 Å². The summed E-state index contributed by atoms with van der Waals surface area (Å²) >= 11 is 5.99. The molecule has 0 aliphatic rings. The van der Waals surface area contributed by atoms with Gasteiger partial charge in [-0.25, -0.2) is 8.42 Å². The number of rotatable bonds is 3. The number of alkyl halides is 3. The van der Waals surface area contributed by atoms with E-state index in [0.717, 1.165) is 17.7 Å². The fourth-order valence-electron chi connectivity index (χ4n) is 1.80. The van der Waals surface area contributed by atoms with Gasteiger partial charge in [0.05, 0.1) is 16.1 Å². The molecule has 0 heterocycles. The van der Waals surface area contributed by atoms with Gasteiger partial charge in [0, 0.05) is 8.95 Å². The summed E-state index contributed by atoms with van der Waals surface area (Å²) in [5.41, 5.74) is 0.0956. The van der Waals surface area contributed by atoms with Crippen molar-refractivity contribution in [3.63, 3.8) is 0 Å². The molecule has 0 saturated carbocycles. The first-order chi connectivity index (χ1) is 10.5. The summed E-state index contributed by atoms with van der Waals surface area (Å²) in [6.07, 6.45) is -4.66. The van der Waals surface area contributed by atoms with E-state index in [-0.39, 0.29) is 10.2 Å². The van der Waals surface area contributed by atoms with E-state index in [4.69, 9.17) is 0 Å². The zero-order valence-electron chi connectivity index (χ0n) is 11.6. The quantitative estimate of drug-likeness (QED) is 0.655. The molecule has 1 N–H and O–H groups in total. The van der Waals surface area contributed by atoms with Gasteiger partial charge in [-0.15, -0.1) is 0 Å². The van der Waals surface area contributed by atoms with Crippen LogP contribution >= 0.6 is 31.9 Å². The van der Waals surface area contributed by atoms with E-state index < -0.39 is 26.7 Å². The molecule has 0 spiro atoms. The number of hydrogen-bond acceptors (Lipinski definition) is 2. The molecule has 2 rings (SSSR count). The number of nitrogens with one attached hydrogen (secondary N) is 1. The minimum atomic E-state index is -4.66. The molecule has 2 aromatic carbocycles. The van der Waals surface area contributed by atoms with Gasteiger partial charge >= 0.3 is 6.18 Å². The van der Waals surface area contributed by atoms with Gasteiger partial charge in [0.15, 0.2) is 0 Å². The van der Waals surface area contributed by atoms with Crippen molar-refractivity contribution in [3.8, 4) is 0 Å². The Hall–Kier alpha value is -1.06. The van der Waals surface area contributed by atoms with Gasteiger partial charge in [0.2, 0.25) is 0 Å².